The highest BCUT2D eigenvalue weighted by Crippen LogP contribution is 2.34. The molecule has 0 aliphatic carbocycles. The van der Waals surface area contributed by atoms with E-state index in [4.69, 9.17) is 4.74 Å². The lowest BCUT2D eigenvalue weighted by atomic mass is 10.00. The molecular formula is C23H20BrN3O3. The molecule has 2 N–H and O–H groups in total. The van der Waals surface area contributed by atoms with E-state index in [-0.39, 0.29) is 18.1 Å². The Morgan fingerprint density at radius 2 is 1.93 bits per heavy atom. The van der Waals surface area contributed by atoms with Crippen LogP contribution in [0.1, 0.15) is 16.8 Å². The van der Waals surface area contributed by atoms with Gasteiger partial charge in [0, 0.05) is 27.8 Å². The van der Waals surface area contributed by atoms with Crippen LogP contribution in [-0.4, -0.2) is 24.0 Å². The summed E-state index contributed by atoms with van der Waals surface area (Å²) in [5.74, 6) is 0.167. The number of pyridine rings is 1. The Morgan fingerprint density at radius 3 is 2.67 bits per heavy atom. The molecule has 3 aromatic rings. The molecule has 152 valence electrons. The second-order valence-electron chi connectivity index (χ2n) is 6.70. The van der Waals surface area contributed by atoms with Crippen LogP contribution in [0, 0.1) is 18.3 Å². The zero-order valence-corrected chi connectivity index (χ0v) is 18.0. The maximum Gasteiger partial charge on any atom is 0.266 e. The Balaban J connectivity index is 1.73. The lowest BCUT2D eigenvalue weighted by Gasteiger charge is -2.14. The highest BCUT2D eigenvalue weighted by Gasteiger charge is 2.16. The molecule has 30 heavy (non-hydrogen) atoms. The molecule has 0 atom stereocenters. The number of nitrogens with one attached hydrogen (secondary N) is 2. The average Bonchev–Trinajstić information content (AvgIpc) is 2.73. The molecule has 0 bridgehead atoms. The van der Waals surface area contributed by atoms with Crippen LogP contribution in [0.5, 0.6) is 5.75 Å². The third kappa shape index (κ3) is 5.37. The largest absolute Gasteiger partial charge is 0.483 e. The first-order chi connectivity index (χ1) is 14.5. The number of carbonyl (C=O) groups is 1. The van der Waals surface area contributed by atoms with Gasteiger partial charge < -0.3 is 15.0 Å². The first-order valence-electron chi connectivity index (χ1n) is 9.35. The van der Waals surface area contributed by atoms with E-state index in [0.717, 1.165) is 16.5 Å². The highest BCUT2D eigenvalue weighted by atomic mass is 79.9. The van der Waals surface area contributed by atoms with Crippen molar-refractivity contribution in [1.82, 2.24) is 10.3 Å². The fraction of sp³-hybridized carbons (Fsp3) is 0.174. The topological polar surface area (TPSA) is 95.0 Å². The van der Waals surface area contributed by atoms with Crippen LogP contribution in [0.3, 0.4) is 0 Å². The number of nitriles is 1. The number of carbonyl (C=O) groups excluding carboxylic acids is 1. The lowest BCUT2D eigenvalue weighted by molar-refractivity contribution is -0.123. The second-order valence-corrected chi connectivity index (χ2v) is 7.61. The molecule has 7 heteroatoms. The van der Waals surface area contributed by atoms with Crippen molar-refractivity contribution in [2.24, 2.45) is 0 Å². The zero-order chi connectivity index (χ0) is 21.5. The molecule has 0 fully saturated rings. The average molecular weight is 466 g/mol. The van der Waals surface area contributed by atoms with Crippen molar-refractivity contribution in [1.29, 1.82) is 5.26 Å². The van der Waals surface area contributed by atoms with E-state index in [2.05, 4.69) is 26.2 Å². The number of amides is 1. The fourth-order valence-electron chi connectivity index (χ4n) is 3.04. The van der Waals surface area contributed by atoms with Crippen molar-refractivity contribution >= 4 is 21.8 Å². The third-order valence-corrected chi connectivity index (χ3v) is 4.94. The van der Waals surface area contributed by atoms with Crippen LogP contribution in [0.4, 0.5) is 0 Å². The number of halogens is 1. The summed E-state index contributed by atoms with van der Waals surface area (Å²) in [4.78, 5) is 27.0. The molecule has 0 aliphatic rings. The predicted molar refractivity (Wildman–Crippen MR) is 118 cm³/mol. The first kappa shape index (κ1) is 21.3. The number of nitrogens with zero attached hydrogens (tertiary/aromatic N) is 1. The first-order valence-corrected chi connectivity index (χ1v) is 10.1. The molecule has 0 saturated heterocycles. The Labute approximate surface area is 182 Å². The smallest absolute Gasteiger partial charge is 0.266 e. The molecule has 0 unspecified atom stereocenters. The number of benzene rings is 2. The van der Waals surface area contributed by atoms with E-state index in [1.54, 1.807) is 31.2 Å². The molecule has 0 radical (unpaired) electrons. The van der Waals surface area contributed by atoms with Gasteiger partial charge in [0.25, 0.3) is 11.5 Å². The highest BCUT2D eigenvalue weighted by molar-refractivity contribution is 9.10. The van der Waals surface area contributed by atoms with Crippen LogP contribution < -0.4 is 15.6 Å². The van der Waals surface area contributed by atoms with Gasteiger partial charge in [0.05, 0.1) is 0 Å². The molecule has 0 aliphatic heterocycles. The van der Waals surface area contributed by atoms with E-state index < -0.39 is 5.56 Å². The molecule has 1 aromatic heterocycles. The standard InChI is InChI=1S/C23H20BrN3O3/c1-15-11-18(20(13-25)23(29)27-15)19-12-17(24)7-8-21(19)30-14-22(28)26-10-9-16-5-3-2-4-6-16/h2-8,11-12H,9-10,14H2,1H3,(H,26,28)(H,27,29). The summed E-state index contributed by atoms with van der Waals surface area (Å²) in [5.41, 5.74) is 2.32. The Kier molecular flexibility index (Phi) is 7.04. The summed E-state index contributed by atoms with van der Waals surface area (Å²) in [6.07, 6.45) is 0.730. The normalized spacial score (nSPS) is 10.3. The summed E-state index contributed by atoms with van der Waals surface area (Å²) in [6, 6.07) is 18.8. The molecule has 0 saturated carbocycles. The minimum Gasteiger partial charge on any atom is -0.483 e. The van der Waals surface area contributed by atoms with Crippen molar-refractivity contribution in [2.75, 3.05) is 13.2 Å². The Morgan fingerprint density at radius 1 is 1.17 bits per heavy atom. The van der Waals surface area contributed by atoms with Crippen LogP contribution in [-0.2, 0) is 11.2 Å². The van der Waals surface area contributed by atoms with Gasteiger partial charge in [-0.3, -0.25) is 9.59 Å². The zero-order valence-electron chi connectivity index (χ0n) is 16.4. The van der Waals surface area contributed by atoms with Crippen LogP contribution in [0.25, 0.3) is 11.1 Å². The predicted octanol–water partition coefficient (Wildman–Crippen LogP) is 3.72. The molecule has 2 aromatic carbocycles. The number of hydrogen-bond donors (Lipinski definition) is 2. The Bertz CT molecular complexity index is 1150. The van der Waals surface area contributed by atoms with Crippen molar-refractivity contribution in [3.63, 3.8) is 0 Å². The van der Waals surface area contributed by atoms with Gasteiger partial charge >= 0.3 is 0 Å². The molecule has 3 rings (SSSR count). The molecule has 6 nitrogen and oxygen atoms in total. The van der Waals surface area contributed by atoms with Gasteiger partial charge in [-0.15, -0.1) is 0 Å². The molecule has 1 amide bonds. The molecular weight excluding hydrogens is 446 g/mol. The number of aromatic amines is 1. The lowest BCUT2D eigenvalue weighted by Crippen LogP contribution is -2.30. The summed E-state index contributed by atoms with van der Waals surface area (Å²) in [7, 11) is 0. The number of aromatic nitrogens is 1. The molecule has 0 spiro atoms. The van der Waals surface area contributed by atoms with Crippen molar-refractivity contribution in [3.8, 4) is 22.9 Å². The fourth-order valence-corrected chi connectivity index (χ4v) is 3.40. The quantitative estimate of drug-likeness (QED) is 0.555. The van der Waals surface area contributed by atoms with Crippen LogP contribution in [0.2, 0.25) is 0 Å². The summed E-state index contributed by atoms with van der Waals surface area (Å²) >= 11 is 3.41. The summed E-state index contributed by atoms with van der Waals surface area (Å²) < 4.78 is 6.50. The molecule has 1 heterocycles. The second kappa shape index (κ2) is 9.90. The van der Waals surface area contributed by atoms with Gasteiger partial charge in [-0.25, -0.2) is 0 Å². The summed E-state index contributed by atoms with van der Waals surface area (Å²) in [6.45, 7) is 2.07. The van der Waals surface area contributed by atoms with E-state index in [1.807, 2.05) is 36.4 Å². The number of aryl methyl sites for hydroxylation is 1. The number of ether oxygens (including phenoxy) is 1. The van der Waals surface area contributed by atoms with Crippen molar-refractivity contribution in [2.45, 2.75) is 13.3 Å². The van der Waals surface area contributed by atoms with E-state index in [1.165, 1.54) is 0 Å². The SMILES string of the molecule is Cc1cc(-c2cc(Br)ccc2OCC(=O)NCCc2ccccc2)c(C#N)c(=O)[nH]1. The number of H-pyrrole nitrogens is 1. The van der Waals surface area contributed by atoms with Gasteiger partial charge in [0.1, 0.15) is 17.4 Å². The van der Waals surface area contributed by atoms with Gasteiger partial charge in [-0.2, -0.15) is 5.26 Å². The minimum atomic E-state index is -0.461. The van der Waals surface area contributed by atoms with Crippen LogP contribution >= 0.6 is 15.9 Å². The van der Waals surface area contributed by atoms with Crippen molar-refractivity contribution < 1.29 is 9.53 Å². The van der Waals surface area contributed by atoms with Gasteiger partial charge in [-0.05, 0) is 43.2 Å². The third-order valence-electron chi connectivity index (χ3n) is 4.45. The summed E-state index contributed by atoms with van der Waals surface area (Å²) in [5, 5.41) is 12.3. The van der Waals surface area contributed by atoms with Gasteiger partial charge in [0.15, 0.2) is 6.61 Å². The maximum atomic E-state index is 12.2. The number of hydrogen-bond acceptors (Lipinski definition) is 4. The van der Waals surface area contributed by atoms with Crippen molar-refractivity contribution in [3.05, 3.63) is 86.2 Å². The Hall–Kier alpha value is -3.37. The van der Waals surface area contributed by atoms with Crippen LogP contribution in [0.15, 0.2) is 63.9 Å². The maximum absolute atomic E-state index is 12.2. The van der Waals surface area contributed by atoms with Gasteiger partial charge in [-0.1, -0.05) is 46.3 Å². The minimum absolute atomic E-state index is 0.00383. The number of rotatable bonds is 7. The monoisotopic (exact) mass is 465 g/mol. The van der Waals surface area contributed by atoms with E-state index in [0.29, 0.717) is 29.1 Å². The van der Waals surface area contributed by atoms with E-state index >= 15 is 0 Å². The van der Waals surface area contributed by atoms with Gasteiger partial charge in [0.2, 0.25) is 0 Å². The van der Waals surface area contributed by atoms with E-state index in [9.17, 15) is 14.9 Å².